The van der Waals surface area contributed by atoms with Crippen molar-refractivity contribution in [3.63, 3.8) is 0 Å². The molecule has 0 bridgehead atoms. The predicted octanol–water partition coefficient (Wildman–Crippen LogP) is 2.17. The fourth-order valence-corrected chi connectivity index (χ4v) is 1.97. The molecule has 0 saturated carbocycles. The van der Waals surface area contributed by atoms with Gasteiger partial charge in [0, 0.05) is 10.5 Å². The summed E-state index contributed by atoms with van der Waals surface area (Å²) in [5.41, 5.74) is 1.29. The Labute approximate surface area is 103 Å². The largest absolute Gasteiger partial charge is 0.491 e. The van der Waals surface area contributed by atoms with Crippen LogP contribution in [0.25, 0.3) is 11.1 Å². The molecule has 0 saturated heterocycles. The summed E-state index contributed by atoms with van der Waals surface area (Å²) in [6.45, 7) is 0. The van der Waals surface area contributed by atoms with Gasteiger partial charge in [-0.3, -0.25) is 4.79 Å². The number of rotatable bonds is 3. The van der Waals surface area contributed by atoms with Crippen LogP contribution < -0.4 is 10.3 Å². The lowest BCUT2D eigenvalue weighted by Gasteiger charge is -2.06. The standard InChI is InChI=1S/C12H12N2O2S/c1-16-11-10(7-13-14-12(11)15)8-3-5-9(17-2)6-4-8/h3-7H,1-2H3,(H,14,15). The first-order valence-electron chi connectivity index (χ1n) is 5.02. The second-order valence-corrected chi connectivity index (χ2v) is 4.25. The molecule has 0 spiro atoms. The molecule has 0 unspecified atom stereocenters. The van der Waals surface area contributed by atoms with Gasteiger partial charge in [0.2, 0.25) is 0 Å². The normalized spacial score (nSPS) is 10.2. The van der Waals surface area contributed by atoms with Gasteiger partial charge in [0.05, 0.1) is 13.3 Å². The van der Waals surface area contributed by atoms with Crippen molar-refractivity contribution >= 4 is 11.8 Å². The third kappa shape index (κ3) is 2.34. The van der Waals surface area contributed by atoms with Crippen molar-refractivity contribution < 1.29 is 4.74 Å². The Morgan fingerprint density at radius 2 is 2.00 bits per heavy atom. The van der Waals surface area contributed by atoms with Gasteiger partial charge in [-0.05, 0) is 24.0 Å². The van der Waals surface area contributed by atoms with Crippen LogP contribution in [-0.2, 0) is 0 Å². The van der Waals surface area contributed by atoms with E-state index in [1.807, 2.05) is 30.5 Å². The number of aromatic amines is 1. The van der Waals surface area contributed by atoms with Gasteiger partial charge in [0.1, 0.15) is 0 Å². The molecule has 1 aromatic carbocycles. The van der Waals surface area contributed by atoms with E-state index in [9.17, 15) is 4.79 Å². The van der Waals surface area contributed by atoms with Crippen molar-refractivity contribution in [2.45, 2.75) is 4.90 Å². The molecule has 0 aliphatic carbocycles. The second kappa shape index (κ2) is 5.05. The first kappa shape index (κ1) is 11.7. The summed E-state index contributed by atoms with van der Waals surface area (Å²) < 4.78 is 5.10. The highest BCUT2D eigenvalue weighted by molar-refractivity contribution is 7.98. The minimum Gasteiger partial charge on any atom is -0.491 e. The fourth-order valence-electron chi connectivity index (χ4n) is 1.57. The van der Waals surface area contributed by atoms with Crippen LogP contribution in [0, 0.1) is 0 Å². The number of benzene rings is 1. The van der Waals surface area contributed by atoms with Crippen LogP contribution in [0.5, 0.6) is 5.75 Å². The molecule has 88 valence electrons. The van der Waals surface area contributed by atoms with E-state index in [4.69, 9.17) is 4.74 Å². The van der Waals surface area contributed by atoms with Gasteiger partial charge in [0.25, 0.3) is 0 Å². The highest BCUT2D eigenvalue weighted by Crippen LogP contribution is 2.27. The number of nitrogens with one attached hydrogen (secondary N) is 1. The third-order valence-electron chi connectivity index (χ3n) is 2.42. The zero-order valence-corrected chi connectivity index (χ0v) is 10.4. The van der Waals surface area contributed by atoms with Crippen molar-refractivity contribution in [2.75, 3.05) is 13.4 Å². The SMILES string of the molecule is COc1c(-c2ccc(SC)cc2)cn[nH]c1=O. The Balaban J connectivity index is 2.52. The van der Waals surface area contributed by atoms with E-state index in [1.165, 1.54) is 12.0 Å². The summed E-state index contributed by atoms with van der Waals surface area (Å²) in [6.07, 6.45) is 3.61. The first-order chi connectivity index (χ1) is 8.26. The predicted molar refractivity (Wildman–Crippen MR) is 68.6 cm³/mol. The van der Waals surface area contributed by atoms with E-state index >= 15 is 0 Å². The average molecular weight is 248 g/mol. The maximum absolute atomic E-state index is 11.5. The summed E-state index contributed by atoms with van der Waals surface area (Å²) in [6, 6.07) is 7.90. The quantitative estimate of drug-likeness (QED) is 0.846. The molecule has 1 N–H and O–H groups in total. The van der Waals surface area contributed by atoms with Crippen LogP contribution >= 0.6 is 11.8 Å². The van der Waals surface area contributed by atoms with Crippen molar-refractivity contribution in [3.05, 3.63) is 40.8 Å². The molecular weight excluding hydrogens is 236 g/mol. The molecule has 2 aromatic rings. The number of hydrogen-bond acceptors (Lipinski definition) is 4. The second-order valence-electron chi connectivity index (χ2n) is 3.37. The van der Waals surface area contributed by atoms with Crippen LogP contribution in [0.3, 0.4) is 0 Å². The molecule has 4 nitrogen and oxygen atoms in total. The average Bonchev–Trinajstić information content (AvgIpc) is 2.38. The molecular formula is C12H12N2O2S. The third-order valence-corrected chi connectivity index (χ3v) is 3.16. The van der Waals surface area contributed by atoms with Gasteiger partial charge >= 0.3 is 5.56 Å². The fraction of sp³-hybridized carbons (Fsp3) is 0.167. The number of hydrogen-bond donors (Lipinski definition) is 1. The smallest absolute Gasteiger partial charge is 0.307 e. The van der Waals surface area contributed by atoms with Crippen LogP contribution in [0.15, 0.2) is 40.2 Å². The molecule has 0 radical (unpaired) electrons. The van der Waals surface area contributed by atoms with Crippen LogP contribution in [0.1, 0.15) is 0 Å². The van der Waals surface area contributed by atoms with Crippen LogP contribution in [-0.4, -0.2) is 23.6 Å². The Hall–Kier alpha value is -1.75. The molecule has 0 amide bonds. The lowest BCUT2D eigenvalue weighted by molar-refractivity contribution is 0.408. The summed E-state index contributed by atoms with van der Waals surface area (Å²) in [5.74, 6) is 0.289. The van der Waals surface area contributed by atoms with Crippen LogP contribution in [0.2, 0.25) is 0 Å². The summed E-state index contributed by atoms with van der Waals surface area (Å²) in [7, 11) is 1.48. The van der Waals surface area contributed by atoms with Crippen molar-refractivity contribution in [1.29, 1.82) is 0 Å². The Morgan fingerprint density at radius 1 is 1.29 bits per heavy atom. The van der Waals surface area contributed by atoms with Crippen molar-refractivity contribution in [2.24, 2.45) is 0 Å². The molecule has 0 aliphatic rings. The van der Waals surface area contributed by atoms with Crippen molar-refractivity contribution in [1.82, 2.24) is 10.2 Å². The molecule has 2 rings (SSSR count). The molecule has 0 fully saturated rings. The summed E-state index contributed by atoms with van der Waals surface area (Å²) in [5, 5.41) is 6.14. The van der Waals surface area contributed by atoms with Crippen molar-refractivity contribution in [3.8, 4) is 16.9 Å². The van der Waals surface area contributed by atoms with E-state index < -0.39 is 0 Å². The number of methoxy groups -OCH3 is 1. The summed E-state index contributed by atoms with van der Waals surface area (Å²) in [4.78, 5) is 12.7. The molecule has 17 heavy (non-hydrogen) atoms. The van der Waals surface area contributed by atoms with Gasteiger partial charge < -0.3 is 4.74 Å². The Morgan fingerprint density at radius 3 is 2.59 bits per heavy atom. The minimum atomic E-state index is -0.320. The van der Waals surface area contributed by atoms with E-state index in [2.05, 4.69) is 10.2 Å². The number of ether oxygens (including phenoxy) is 1. The molecule has 0 aliphatic heterocycles. The van der Waals surface area contributed by atoms with E-state index in [-0.39, 0.29) is 11.3 Å². The minimum absolute atomic E-state index is 0.289. The molecule has 5 heteroatoms. The Kier molecular flexibility index (Phi) is 3.49. The number of H-pyrrole nitrogens is 1. The zero-order chi connectivity index (χ0) is 12.3. The lowest BCUT2D eigenvalue weighted by atomic mass is 10.1. The highest BCUT2D eigenvalue weighted by Gasteiger charge is 2.09. The maximum atomic E-state index is 11.5. The van der Waals surface area contributed by atoms with Crippen LogP contribution in [0.4, 0.5) is 0 Å². The van der Waals surface area contributed by atoms with E-state index in [0.29, 0.717) is 5.56 Å². The van der Waals surface area contributed by atoms with Gasteiger partial charge in [-0.1, -0.05) is 12.1 Å². The number of aromatic nitrogens is 2. The number of nitrogens with zero attached hydrogens (tertiary/aromatic N) is 1. The zero-order valence-electron chi connectivity index (χ0n) is 9.56. The molecule has 1 aromatic heterocycles. The number of thioether (sulfide) groups is 1. The highest BCUT2D eigenvalue weighted by atomic mass is 32.2. The maximum Gasteiger partial charge on any atom is 0.307 e. The lowest BCUT2D eigenvalue weighted by Crippen LogP contribution is -2.11. The van der Waals surface area contributed by atoms with E-state index in [1.54, 1.807) is 18.0 Å². The monoisotopic (exact) mass is 248 g/mol. The molecule has 1 heterocycles. The van der Waals surface area contributed by atoms with Gasteiger partial charge in [0.15, 0.2) is 5.75 Å². The van der Waals surface area contributed by atoms with Gasteiger partial charge in [-0.2, -0.15) is 5.10 Å². The van der Waals surface area contributed by atoms with Gasteiger partial charge in [-0.25, -0.2) is 5.10 Å². The van der Waals surface area contributed by atoms with Gasteiger partial charge in [-0.15, -0.1) is 11.8 Å². The summed E-state index contributed by atoms with van der Waals surface area (Å²) >= 11 is 1.67. The Bertz CT molecular complexity index is 563. The molecule has 0 atom stereocenters. The topological polar surface area (TPSA) is 55.0 Å². The first-order valence-corrected chi connectivity index (χ1v) is 6.25. The van der Waals surface area contributed by atoms with E-state index in [0.717, 1.165) is 5.56 Å².